The Morgan fingerprint density at radius 2 is 1.62 bits per heavy atom. The second kappa shape index (κ2) is 7.73. The lowest BCUT2D eigenvalue weighted by Gasteiger charge is -2.34. The van der Waals surface area contributed by atoms with Crippen LogP contribution < -0.4 is 0 Å². The molecule has 1 aliphatic heterocycles. The fraction of sp³-hybridized carbons (Fsp3) is 0.278. The molecule has 1 amide bonds. The summed E-state index contributed by atoms with van der Waals surface area (Å²) in [7, 11) is -3.52. The van der Waals surface area contributed by atoms with Crippen molar-refractivity contribution in [1.29, 1.82) is 0 Å². The van der Waals surface area contributed by atoms with E-state index in [1.165, 1.54) is 28.6 Å². The molecule has 0 N–H and O–H groups in total. The normalized spacial score (nSPS) is 15.8. The van der Waals surface area contributed by atoms with E-state index in [-0.39, 0.29) is 37.8 Å². The maximum Gasteiger partial charge on any atom is 0.253 e. The van der Waals surface area contributed by atoms with E-state index in [1.54, 1.807) is 29.2 Å². The number of halogens is 2. The molecule has 1 saturated heterocycles. The molecule has 0 aliphatic carbocycles. The van der Waals surface area contributed by atoms with Crippen LogP contribution in [0.5, 0.6) is 0 Å². The molecule has 138 valence electrons. The largest absolute Gasteiger partial charge is 0.336 e. The summed E-state index contributed by atoms with van der Waals surface area (Å²) in [5, 5.41) is 0.418. The van der Waals surface area contributed by atoms with Crippen LogP contribution in [0.3, 0.4) is 0 Å². The van der Waals surface area contributed by atoms with Gasteiger partial charge in [-0.2, -0.15) is 4.31 Å². The van der Waals surface area contributed by atoms with Gasteiger partial charge in [-0.1, -0.05) is 29.8 Å². The Morgan fingerprint density at radius 1 is 1.00 bits per heavy atom. The monoisotopic (exact) mass is 396 g/mol. The zero-order chi connectivity index (χ0) is 18.7. The highest BCUT2D eigenvalue weighted by molar-refractivity contribution is 7.88. The van der Waals surface area contributed by atoms with Gasteiger partial charge in [-0.05, 0) is 35.9 Å². The lowest BCUT2D eigenvalue weighted by molar-refractivity contribution is 0.0697. The van der Waals surface area contributed by atoms with Gasteiger partial charge in [0, 0.05) is 36.8 Å². The number of rotatable bonds is 4. The molecule has 2 aromatic rings. The van der Waals surface area contributed by atoms with Crippen LogP contribution >= 0.6 is 11.6 Å². The number of sulfonamides is 1. The molecule has 1 aliphatic rings. The van der Waals surface area contributed by atoms with Gasteiger partial charge < -0.3 is 4.90 Å². The molecular weight excluding hydrogens is 379 g/mol. The van der Waals surface area contributed by atoms with Gasteiger partial charge >= 0.3 is 0 Å². The number of carbonyl (C=O) groups is 1. The number of nitrogens with zero attached hydrogens (tertiary/aromatic N) is 2. The average Bonchev–Trinajstić information content (AvgIpc) is 2.64. The minimum absolute atomic E-state index is 0.168. The van der Waals surface area contributed by atoms with E-state index in [1.807, 2.05) is 0 Å². The van der Waals surface area contributed by atoms with Crippen molar-refractivity contribution in [3.8, 4) is 0 Å². The van der Waals surface area contributed by atoms with Crippen molar-refractivity contribution in [1.82, 2.24) is 9.21 Å². The Morgan fingerprint density at radius 3 is 2.23 bits per heavy atom. The molecule has 0 radical (unpaired) electrons. The van der Waals surface area contributed by atoms with Crippen molar-refractivity contribution < 1.29 is 17.6 Å². The first-order chi connectivity index (χ1) is 12.4. The van der Waals surface area contributed by atoms with E-state index < -0.39 is 15.8 Å². The number of hydrogen-bond acceptors (Lipinski definition) is 3. The first-order valence-electron chi connectivity index (χ1n) is 8.13. The van der Waals surface area contributed by atoms with Gasteiger partial charge in [0.05, 0.1) is 5.75 Å². The molecule has 0 unspecified atom stereocenters. The van der Waals surface area contributed by atoms with Crippen molar-refractivity contribution in [3.63, 3.8) is 0 Å². The van der Waals surface area contributed by atoms with E-state index in [9.17, 15) is 17.6 Å². The quantitative estimate of drug-likeness (QED) is 0.798. The molecule has 0 spiro atoms. The van der Waals surface area contributed by atoms with E-state index >= 15 is 0 Å². The lowest BCUT2D eigenvalue weighted by atomic mass is 10.2. The van der Waals surface area contributed by atoms with Crippen LogP contribution in [-0.2, 0) is 15.8 Å². The smallest absolute Gasteiger partial charge is 0.253 e. The first-order valence-corrected chi connectivity index (χ1v) is 10.1. The highest BCUT2D eigenvalue weighted by atomic mass is 35.5. The van der Waals surface area contributed by atoms with Crippen molar-refractivity contribution in [2.75, 3.05) is 26.2 Å². The van der Waals surface area contributed by atoms with Crippen LogP contribution in [0.2, 0.25) is 5.02 Å². The molecule has 0 bridgehead atoms. The molecule has 1 heterocycles. The standard InChI is InChI=1S/C18H18ClFN2O3S/c19-17-4-2-1-3-15(17)13-26(24,25)22-11-9-21(10-12-22)18(23)14-5-7-16(20)8-6-14/h1-8H,9-13H2. The minimum atomic E-state index is -3.52. The fourth-order valence-electron chi connectivity index (χ4n) is 2.85. The topological polar surface area (TPSA) is 57.7 Å². The van der Waals surface area contributed by atoms with Crippen LogP contribution in [0, 0.1) is 5.82 Å². The highest BCUT2D eigenvalue weighted by Crippen LogP contribution is 2.21. The minimum Gasteiger partial charge on any atom is -0.336 e. The fourth-order valence-corrected chi connectivity index (χ4v) is 4.68. The van der Waals surface area contributed by atoms with E-state index in [4.69, 9.17) is 11.6 Å². The van der Waals surface area contributed by atoms with Gasteiger partial charge in [-0.15, -0.1) is 0 Å². The van der Waals surface area contributed by atoms with E-state index in [0.29, 0.717) is 16.1 Å². The number of benzene rings is 2. The third-order valence-corrected chi connectivity index (χ3v) is 6.50. The number of hydrogen-bond donors (Lipinski definition) is 0. The summed E-state index contributed by atoms with van der Waals surface area (Å²) >= 11 is 6.05. The molecule has 0 saturated carbocycles. The third-order valence-electron chi connectivity index (χ3n) is 4.31. The van der Waals surface area contributed by atoms with Crippen LogP contribution in [0.25, 0.3) is 0 Å². The molecule has 2 aromatic carbocycles. The molecule has 0 aromatic heterocycles. The maximum atomic E-state index is 13.0. The summed E-state index contributed by atoms with van der Waals surface area (Å²) in [5.74, 6) is -0.802. The van der Waals surface area contributed by atoms with Gasteiger partial charge in [0.1, 0.15) is 5.82 Å². The van der Waals surface area contributed by atoms with Gasteiger partial charge in [0.25, 0.3) is 5.91 Å². The zero-order valence-corrected chi connectivity index (χ0v) is 15.5. The summed E-state index contributed by atoms with van der Waals surface area (Å²) in [4.78, 5) is 14.0. The van der Waals surface area contributed by atoms with Crippen LogP contribution in [0.1, 0.15) is 15.9 Å². The summed E-state index contributed by atoms with van der Waals surface area (Å²) in [6.45, 7) is 1.02. The summed E-state index contributed by atoms with van der Waals surface area (Å²) in [6, 6.07) is 12.2. The van der Waals surface area contributed by atoms with Crippen molar-refractivity contribution in [3.05, 3.63) is 70.5 Å². The first kappa shape index (κ1) is 18.8. The number of piperazine rings is 1. The Bertz CT molecular complexity index is 895. The van der Waals surface area contributed by atoms with Crippen molar-refractivity contribution in [2.24, 2.45) is 0 Å². The van der Waals surface area contributed by atoms with Gasteiger partial charge in [0.15, 0.2) is 0 Å². The number of amides is 1. The average molecular weight is 397 g/mol. The van der Waals surface area contributed by atoms with Gasteiger partial charge in [-0.25, -0.2) is 12.8 Å². The predicted molar refractivity (Wildman–Crippen MR) is 98.0 cm³/mol. The van der Waals surface area contributed by atoms with Crippen LogP contribution in [0.15, 0.2) is 48.5 Å². The Kier molecular flexibility index (Phi) is 5.60. The molecule has 3 rings (SSSR count). The highest BCUT2D eigenvalue weighted by Gasteiger charge is 2.29. The van der Waals surface area contributed by atoms with Crippen molar-refractivity contribution >= 4 is 27.5 Å². The second-order valence-electron chi connectivity index (χ2n) is 6.05. The van der Waals surface area contributed by atoms with Gasteiger partial charge in [0.2, 0.25) is 10.0 Å². The summed E-state index contributed by atoms with van der Waals surface area (Å²) < 4.78 is 39.6. The van der Waals surface area contributed by atoms with E-state index in [2.05, 4.69) is 0 Å². The molecule has 26 heavy (non-hydrogen) atoms. The van der Waals surface area contributed by atoms with Crippen molar-refractivity contribution in [2.45, 2.75) is 5.75 Å². The lowest BCUT2D eigenvalue weighted by Crippen LogP contribution is -2.50. The SMILES string of the molecule is O=C(c1ccc(F)cc1)N1CCN(S(=O)(=O)Cc2ccccc2Cl)CC1. The predicted octanol–water partition coefficient (Wildman–Crippen LogP) is 2.77. The Balaban J connectivity index is 1.63. The summed E-state index contributed by atoms with van der Waals surface area (Å²) in [6.07, 6.45) is 0. The maximum absolute atomic E-state index is 13.0. The van der Waals surface area contributed by atoms with Crippen LogP contribution in [-0.4, -0.2) is 49.7 Å². The zero-order valence-electron chi connectivity index (χ0n) is 13.9. The molecule has 1 fully saturated rings. The summed E-state index contributed by atoms with van der Waals surface area (Å²) in [5.41, 5.74) is 0.942. The molecule has 8 heteroatoms. The molecule has 0 atom stereocenters. The molecule has 5 nitrogen and oxygen atoms in total. The third kappa shape index (κ3) is 4.23. The molecular formula is C18H18ClFN2O3S. The number of carbonyl (C=O) groups excluding carboxylic acids is 1. The van der Waals surface area contributed by atoms with Gasteiger partial charge in [-0.3, -0.25) is 4.79 Å². The van der Waals surface area contributed by atoms with Crippen LogP contribution in [0.4, 0.5) is 4.39 Å². The Labute approximate surface area is 157 Å². The van der Waals surface area contributed by atoms with E-state index in [0.717, 1.165) is 0 Å². The second-order valence-corrected chi connectivity index (χ2v) is 8.42. The Hall–Kier alpha value is -1.96.